The smallest absolute Gasteiger partial charge is 0.229 e. The summed E-state index contributed by atoms with van der Waals surface area (Å²) >= 11 is 0. The highest BCUT2D eigenvalue weighted by molar-refractivity contribution is 6.01. The molecule has 2 heterocycles. The lowest BCUT2D eigenvalue weighted by molar-refractivity contribution is -0.138. The Morgan fingerprint density at radius 3 is 2.61 bits per heavy atom. The van der Waals surface area contributed by atoms with Gasteiger partial charge in [-0.1, -0.05) is 24.3 Å². The summed E-state index contributed by atoms with van der Waals surface area (Å²) in [5, 5.41) is 3.40. The van der Waals surface area contributed by atoms with Crippen LogP contribution < -0.4 is 5.32 Å². The lowest BCUT2D eigenvalue weighted by Gasteiger charge is -2.29. The second kappa shape index (κ2) is 4.53. The number of likely N-dealkylation sites (tertiary alicyclic amines) is 1. The Morgan fingerprint density at radius 2 is 1.83 bits per heavy atom. The summed E-state index contributed by atoms with van der Waals surface area (Å²) < 4.78 is 0. The van der Waals surface area contributed by atoms with Gasteiger partial charge in [-0.25, -0.2) is 0 Å². The minimum Gasteiger partial charge on any atom is -0.308 e. The van der Waals surface area contributed by atoms with E-state index < -0.39 is 0 Å². The summed E-state index contributed by atoms with van der Waals surface area (Å²) in [6, 6.07) is 8.33. The first kappa shape index (κ1) is 11.4. The van der Waals surface area contributed by atoms with Gasteiger partial charge >= 0.3 is 0 Å². The van der Waals surface area contributed by atoms with Gasteiger partial charge in [0.05, 0.1) is 6.04 Å². The van der Waals surface area contributed by atoms with Crippen LogP contribution in [0.25, 0.3) is 0 Å². The van der Waals surface area contributed by atoms with Gasteiger partial charge in [0.2, 0.25) is 11.8 Å². The predicted octanol–water partition coefficient (Wildman–Crippen LogP) is 1.02. The molecule has 2 amide bonds. The fourth-order valence-electron chi connectivity index (χ4n) is 2.76. The molecule has 3 rings (SSSR count). The average molecular weight is 244 g/mol. The number of nitrogens with one attached hydrogen (secondary N) is 1. The number of benzene rings is 1. The van der Waals surface area contributed by atoms with E-state index in [1.54, 1.807) is 0 Å². The molecule has 0 saturated carbocycles. The Kier molecular flexibility index (Phi) is 2.88. The first-order valence-electron chi connectivity index (χ1n) is 6.40. The molecule has 18 heavy (non-hydrogen) atoms. The van der Waals surface area contributed by atoms with Crippen LogP contribution in [-0.4, -0.2) is 29.8 Å². The van der Waals surface area contributed by atoms with Gasteiger partial charge in [-0.05, 0) is 24.1 Å². The Balaban J connectivity index is 1.82. The lowest BCUT2D eigenvalue weighted by Crippen LogP contribution is -2.41. The molecule has 2 aliphatic heterocycles. The molecule has 1 atom stereocenters. The van der Waals surface area contributed by atoms with Gasteiger partial charge in [0.1, 0.15) is 0 Å². The van der Waals surface area contributed by atoms with Crippen molar-refractivity contribution in [3.05, 3.63) is 35.4 Å². The second-order valence-electron chi connectivity index (χ2n) is 4.85. The van der Waals surface area contributed by atoms with Gasteiger partial charge in [-0.3, -0.25) is 14.5 Å². The third-order valence-electron chi connectivity index (χ3n) is 3.74. The highest BCUT2D eigenvalue weighted by atomic mass is 16.2. The normalized spacial score (nSPS) is 23.3. The molecule has 1 N–H and O–H groups in total. The van der Waals surface area contributed by atoms with E-state index in [9.17, 15) is 9.59 Å². The molecule has 0 spiro atoms. The van der Waals surface area contributed by atoms with Gasteiger partial charge in [-0.15, -0.1) is 0 Å². The molecule has 0 radical (unpaired) electrons. The molecule has 1 fully saturated rings. The van der Waals surface area contributed by atoms with Gasteiger partial charge in [-0.2, -0.15) is 0 Å². The Hall–Kier alpha value is -1.68. The van der Waals surface area contributed by atoms with Gasteiger partial charge in [0.15, 0.2) is 0 Å². The predicted molar refractivity (Wildman–Crippen MR) is 66.8 cm³/mol. The Labute approximate surface area is 106 Å². The number of hydrogen-bond acceptors (Lipinski definition) is 3. The van der Waals surface area contributed by atoms with E-state index in [1.807, 2.05) is 12.1 Å². The number of amides is 2. The number of hydrogen-bond donors (Lipinski definition) is 1. The van der Waals surface area contributed by atoms with E-state index in [0.717, 1.165) is 13.0 Å². The molecule has 1 aromatic rings. The van der Waals surface area contributed by atoms with Crippen molar-refractivity contribution >= 4 is 11.8 Å². The zero-order valence-electron chi connectivity index (χ0n) is 10.2. The Bertz CT molecular complexity index is 482. The number of carbonyl (C=O) groups is 2. The van der Waals surface area contributed by atoms with E-state index in [4.69, 9.17) is 0 Å². The van der Waals surface area contributed by atoms with E-state index >= 15 is 0 Å². The zero-order valence-corrected chi connectivity index (χ0v) is 10.2. The molecule has 0 bridgehead atoms. The first-order chi connectivity index (χ1) is 8.75. The van der Waals surface area contributed by atoms with Crippen LogP contribution in [-0.2, 0) is 16.0 Å². The zero-order chi connectivity index (χ0) is 12.5. The summed E-state index contributed by atoms with van der Waals surface area (Å²) in [7, 11) is 0. The molecule has 2 aliphatic rings. The highest BCUT2D eigenvalue weighted by Crippen LogP contribution is 2.25. The van der Waals surface area contributed by atoms with Crippen LogP contribution in [0.5, 0.6) is 0 Å². The number of carbonyl (C=O) groups excluding carboxylic acids is 2. The van der Waals surface area contributed by atoms with E-state index in [2.05, 4.69) is 17.4 Å². The van der Waals surface area contributed by atoms with Gasteiger partial charge in [0.25, 0.3) is 0 Å². The van der Waals surface area contributed by atoms with Crippen LogP contribution in [0.4, 0.5) is 0 Å². The standard InChI is InChI=1S/C14H16N2O2/c17-13-5-6-14(18)16(13)9-12-11-4-2-1-3-10(11)7-8-15-12/h1-4,12,15H,5-9H2. The number of fused-ring (bicyclic) bond motifs is 1. The van der Waals surface area contributed by atoms with Crippen molar-refractivity contribution in [1.82, 2.24) is 10.2 Å². The third-order valence-corrected chi connectivity index (χ3v) is 3.74. The molecule has 4 nitrogen and oxygen atoms in total. The summed E-state index contributed by atoms with van der Waals surface area (Å²) in [6.07, 6.45) is 1.75. The summed E-state index contributed by atoms with van der Waals surface area (Å²) in [5.74, 6) is -0.0743. The van der Waals surface area contributed by atoms with Crippen molar-refractivity contribution in [2.75, 3.05) is 13.1 Å². The largest absolute Gasteiger partial charge is 0.308 e. The third kappa shape index (κ3) is 1.93. The molecule has 94 valence electrons. The lowest BCUT2D eigenvalue weighted by atomic mass is 9.94. The summed E-state index contributed by atoms with van der Waals surface area (Å²) in [4.78, 5) is 24.7. The van der Waals surface area contributed by atoms with Crippen LogP contribution >= 0.6 is 0 Å². The fourth-order valence-corrected chi connectivity index (χ4v) is 2.76. The quantitative estimate of drug-likeness (QED) is 0.790. The van der Waals surface area contributed by atoms with E-state index in [1.165, 1.54) is 16.0 Å². The molecule has 4 heteroatoms. The minimum absolute atomic E-state index is 0.0372. The molecule has 0 aliphatic carbocycles. The topological polar surface area (TPSA) is 49.4 Å². The monoisotopic (exact) mass is 244 g/mol. The maximum atomic E-state index is 11.6. The highest BCUT2D eigenvalue weighted by Gasteiger charge is 2.32. The van der Waals surface area contributed by atoms with Crippen LogP contribution in [0, 0.1) is 0 Å². The van der Waals surface area contributed by atoms with Crippen molar-refractivity contribution in [2.24, 2.45) is 0 Å². The van der Waals surface area contributed by atoms with Crippen LogP contribution in [0.2, 0.25) is 0 Å². The molecule has 1 unspecified atom stereocenters. The van der Waals surface area contributed by atoms with Crippen LogP contribution in [0.3, 0.4) is 0 Å². The molecule has 1 aromatic carbocycles. The maximum absolute atomic E-state index is 11.6. The van der Waals surface area contributed by atoms with Gasteiger partial charge < -0.3 is 5.32 Å². The first-order valence-corrected chi connectivity index (χ1v) is 6.40. The molecule has 1 saturated heterocycles. The van der Waals surface area contributed by atoms with Gasteiger partial charge in [0, 0.05) is 19.4 Å². The average Bonchev–Trinajstić information content (AvgIpc) is 2.71. The number of rotatable bonds is 2. The molecular formula is C14H16N2O2. The number of imide groups is 1. The second-order valence-corrected chi connectivity index (χ2v) is 4.85. The number of nitrogens with zero attached hydrogens (tertiary/aromatic N) is 1. The Morgan fingerprint density at radius 1 is 1.11 bits per heavy atom. The van der Waals surface area contributed by atoms with Crippen molar-refractivity contribution in [1.29, 1.82) is 0 Å². The maximum Gasteiger partial charge on any atom is 0.229 e. The van der Waals surface area contributed by atoms with Crippen molar-refractivity contribution in [2.45, 2.75) is 25.3 Å². The van der Waals surface area contributed by atoms with E-state index in [-0.39, 0.29) is 17.9 Å². The van der Waals surface area contributed by atoms with Crippen LogP contribution in [0.15, 0.2) is 24.3 Å². The molecular weight excluding hydrogens is 228 g/mol. The SMILES string of the molecule is O=C1CCC(=O)N1CC1NCCc2ccccc21. The van der Waals surface area contributed by atoms with Crippen molar-refractivity contribution in [3.8, 4) is 0 Å². The molecule has 0 aromatic heterocycles. The van der Waals surface area contributed by atoms with Crippen molar-refractivity contribution < 1.29 is 9.59 Å². The summed E-state index contributed by atoms with van der Waals surface area (Å²) in [5.41, 5.74) is 2.54. The van der Waals surface area contributed by atoms with E-state index in [0.29, 0.717) is 19.4 Å². The van der Waals surface area contributed by atoms with Crippen molar-refractivity contribution in [3.63, 3.8) is 0 Å². The summed E-state index contributed by atoms with van der Waals surface area (Å²) in [6.45, 7) is 1.37. The fraction of sp³-hybridized carbons (Fsp3) is 0.429. The van der Waals surface area contributed by atoms with Crippen LogP contribution in [0.1, 0.15) is 30.0 Å². The minimum atomic E-state index is -0.0372.